The van der Waals surface area contributed by atoms with Crippen molar-refractivity contribution in [3.8, 4) is 11.1 Å². The number of carbonyl (C=O) groups is 1. The van der Waals surface area contributed by atoms with E-state index in [-0.39, 0.29) is 20.1 Å². The molecule has 0 heterocycles. The number of amides is 1. The SMILES string of the molecule is Cc1c(-c2ccccc2)ccc(F)c1C(=O)NNS(=O)(=O)CC1CCCCC1.[HH].[HH]. The predicted octanol–water partition coefficient (Wildman–Crippen LogP) is 4.44. The molecule has 1 saturated carbocycles. The zero-order valence-corrected chi connectivity index (χ0v) is 16.7. The summed E-state index contributed by atoms with van der Waals surface area (Å²) in [7, 11) is -3.68. The second kappa shape index (κ2) is 8.84. The Morgan fingerprint density at radius 1 is 1.11 bits per heavy atom. The fourth-order valence-corrected chi connectivity index (χ4v) is 5.07. The van der Waals surface area contributed by atoms with Crippen LogP contribution in [0.3, 0.4) is 0 Å². The molecule has 2 aromatic carbocycles. The first-order chi connectivity index (χ1) is 13.4. The van der Waals surface area contributed by atoms with Crippen molar-refractivity contribution in [2.75, 3.05) is 5.75 Å². The molecule has 0 unspecified atom stereocenters. The Hall–Kier alpha value is -2.25. The summed E-state index contributed by atoms with van der Waals surface area (Å²) in [5.41, 5.74) is 4.03. The average Bonchev–Trinajstić information content (AvgIpc) is 2.68. The van der Waals surface area contributed by atoms with Crippen LogP contribution in [-0.2, 0) is 10.0 Å². The molecule has 0 saturated heterocycles. The van der Waals surface area contributed by atoms with Gasteiger partial charge in [-0.15, -0.1) is 4.83 Å². The topological polar surface area (TPSA) is 75.3 Å². The molecule has 2 aromatic rings. The van der Waals surface area contributed by atoms with E-state index in [0.717, 1.165) is 43.2 Å². The van der Waals surface area contributed by atoms with Crippen molar-refractivity contribution in [1.82, 2.24) is 10.3 Å². The molecule has 3 rings (SSSR count). The van der Waals surface area contributed by atoms with E-state index in [1.165, 1.54) is 6.07 Å². The molecule has 5 nitrogen and oxygen atoms in total. The molecule has 1 fully saturated rings. The number of hydrogen-bond acceptors (Lipinski definition) is 3. The number of benzene rings is 2. The molecule has 2 N–H and O–H groups in total. The zero-order chi connectivity index (χ0) is 20.1. The van der Waals surface area contributed by atoms with Gasteiger partial charge in [0.05, 0.1) is 11.3 Å². The molecule has 0 spiro atoms. The highest BCUT2D eigenvalue weighted by atomic mass is 32.2. The molecule has 1 aliphatic rings. The summed E-state index contributed by atoms with van der Waals surface area (Å²) < 4.78 is 38.9. The van der Waals surface area contributed by atoms with Gasteiger partial charge in [-0.1, -0.05) is 55.7 Å². The van der Waals surface area contributed by atoms with E-state index in [1.807, 2.05) is 30.3 Å². The van der Waals surface area contributed by atoms with Crippen LogP contribution in [0.2, 0.25) is 0 Å². The number of carbonyl (C=O) groups excluding carboxylic acids is 1. The molecule has 1 aliphatic carbocycles. The Bertz CT molecular complexity index is 950. The summed E-state index contributed by atoms with van der Waals surface area (Å²) in [6.07, 6.45) is 4.95. The number of rotatable bonds is 6. The van der Waals surface area contributed by atoms with E-state index in [0.29, 0.717) is 5.56 Å². The highest BCUT2D eigenvalue weighted by Crippen LogP contribution is 2.27. The maximum atomic E-state index is 14.4. The first-order valence-corrected chi connectivity index (χ1v) is 11.2. The molecule has 0 aromatic heterocycles. The lowest BCUT2D eigenvalue weighted by atomic mass is 9.91. The first kappa shape index (κ1) is 20.5. The number of sulfonamides is 1. The molecular formula is C21H29FN2O3S. The van der Waals surface area contributed by atoms with E-state index >= 15 is 0 Å². The van der Waals surface area contributed by atoms with Crippen LogP contribution < -0.4 is 10.3 Å². The van der Waals surface area contributed by atoms with Crippen LogP contribution in [-0.4, -0.2) is 20.1 Å². The van der Waals surface area contributed by atoms with Gasteiger partial charge in [0.25, 0.3) is 5.91 Å². The summed E-state index contributed by atoms with van der Waals surface area (Å²) in [5.74, 6) is -1.43. The van der Waals surface area contributed by atoms with Crippen molar-refractivity contribution in [2.45, 2.75) is 39.0 Å². The molecular weight excluding hydrogens is 379 g/mol. The number of nitrogens with one attached hydrogen (secondary N) is 2. The van der Waals surface area contributed by atoms with Gasteiger partial charge in [0.2, 0.25) is 10.0 Å². The minimum Gasteiger partial charge on any atom is -0.274 e. The summed E-state index contributed by atoms with van der Waals surface area (Å²) >= 11 is 0. The fraction of sp³-hybridized carbons (Fsp3) is 0.381. The Morgan fingerprint density at radius 2 is 1.79 bits per heavy atom. The third-order valence-electron chi connectivity index (χ3n) is 5.23. The molecule has 154 valence electrons. The second-order valence-corrected chi connectivity index (χ2v) is 9.07. The van der Waals surface area contributed by atoms with Crippen molar-refractivity contribution in [1.29, 1.82) is 0 Å². The van der Waals surface area contributed by atoms with E-state index in [1.54, 1.807) is 13.0 Å². The van der Waals surface area contributed by atoms with Gasteiger partial charge < -0.3 is 0 Å². The van der Waals surface area contributed by atoms with Crippen molar-refractivity contribution in [3.63, 3.8) is 0 Å². The van der Waals surface area contributed by atoms with E-state index in [4.69, 9.17) is 0 Å². The van der Waals surface area contributed by atoms with Crippen molar-refractivity contribution in [3.05, 3.63) is 59.4 Å². The lowest BCUT2D eigenvalue weighted by Gasteiger charge is -2.21. The second-order valence-electron chi connectivity index (χ2n) is 7.30. The van der Waals surface area contributed by atoms with Crippen LogP contribution in [0.5, 0.6) is 0 Å². The van der Waals surface area contributed by atoms with Crippen molar-refractivity contribution in [2.24, 2.45) is 5.92 Å². The maximum absolute atomic E-state index is 14.4. The van der Waals surface area contributed by atoms with Gasteiger partial charge in [-0.05, 0) is 48.4 Å². The molecule has 7 heteroatoms. The van der Waals surface area contributed by atoms with Gasteiger partial charge in [0.15, 0.2) is 0 Å². The van der Waals surface area contributed by atoms with Gasteiger partial charge in [-0.2, -0.15) is 0 Å². The standard InChI is InChI=1S/C21H25FN2O3S.2H2/c1-15-18(17-10-6-3-7-11-17)12-13-19(22)20(15)21(25)23-24-28(26,27)14-16-8-4-2-5-9-16;;/h3,6-7,10-13,16,24H,2,4-5,8-9,14H2,1H3,(H,23,25);2*1H. The Kier molecular flexibility index (Phi) is 6.46. The van der Waals surface area contributed by atoms with E-state index < -0.39 is 21.7 Å². The molecule has 0 aliphatic heterocycles. The third-order valence-corrected chi connectivity index (χ3v) is 6.55. The zero-order valence-electron chi connectivity index (χ0n) is 15.9. The van der Waals surface area contributed by atoms with Gasteiger partial charge in [-0.25, -0.2) is 12.8 Å². The third kappa shape index (κ3) is 4.97. The van der Waals surface area contributed by atoms with Crippen LogP contribution >= 0.6 is 0 Å². The highest BCUT2D eigenvalue weighted by molar-refractivity contribution is 7.89. The van der Waals surface area contributed by atoms with E-state index in [9.17, 15) is 17.6 Å². The minimum absolute atomic E-state index is 0. The van der Waals surface area contributed by atoms with Gasteiger partial charge in [0.1, 0.15) is 5.82 Å². The minimum atomic E-state index is -3.68. The predicted molar refractivity (Wildman–Crippen MR) is 112 cm³/mol. The summed E-state index contributed by atoms with van der Waals surface area (Å²) in [6.45, 7) is 1.65. The maximum Gasteiger partial charge on any atom is 0.269 e. The van der Waals surface area contributed by atoms with Crippen molar-refractivity contribution >= 4 is 15.9 Å². The van der Waals surface area contributed by atoms with Crippen LogP contribution in [0.15, 0.2) is 42.5 Å². The van der Waals surface area contributed by atoms with Gasteiger partial charge >= 0.3 is 0 Å². The van der Waals surface area contributed by atoms with Crippen LogP contribution in [0, 0.1) is 18.7 Å². The summed E-state index contributed by atoms with van der Waals surface area (Å²) in [5, 5.41) is 0. The monoisotopic (exact) mass is 408 g/mol. The molecule has 0 bridgehead atoms. The number of hydrogen-bond donors (Lipinski definition) is 2. The van der Waals surface area contributed by atoms with E-state index in [2.05, 4.69) is 10.3 Å². The number of halogens is 1. The van der Waals surface area contributed by atoms with Gasteiger partial charge in [-0.3, -0.25) is 10.2 Å². The smallest absolute Gasteiger partial charge is 0.269 e. The van der Waals surface area contributed by atoms with Gasteiger partial charge in [0, 0.05) is 2.85 Å². The fourth-order valence-electron chi connectivity index (χ4n) is 3.78. The lowest BCUT2D eigenvalue weighted by molar-refractivity contribution is 0.0940. The quantitative estimate of drug-likeness (QED) is 0.694. The Balaban J connectivity index is 0.00000225. The molecule has 0 radical (unpaired) electrons. The normalized spacial score (nSPS) is 15.4. The average molecular weight is 409 g/mol. The van der Waals surface area contributed by atoms with Crippen LogP contribution in [0.1, 0.15) is 50.9 Å². The Morgan fingerprint density at radius 3 is 2.46 bits per heavy atom. The van der Waals surface area contributed by atoms with Crippen LogP contribution in [0.4, 0.5) is 4.39 Å². The first-order valence-electron chi connectivity index (χ1n) is 9.52. The Labute approximate surface area is 168 Å². The summed E-state index contributed by atoms with van der Waals surface area (Å²) in [6, 6.07) is 12.2. The largest absolute Gasteiger partial charge is 0.274 e. The van der Waals surface area contributed by atoms with Crippen molar-refractivity contribution < 1.29 is 20.5 Å². The van der Waals surface area contributed by atoms with Crippen LogP contribution in [0.25, 0.3) is 11.1 Å². The molecule has 0 atom stereocenters. The molecule has 1 amide bonds. The lowest BCUT2D eigenvalue weighted by Crippen LogP contribution is -2.44. The molecule has 28 heavy (non-hydrogen) atoms. The number of hydrazine groups is 1. The summed E-state index contributed by atoms with van der Waals surface area (Å²) in [4.78, 5) is 14.7. The highest BCUT2D eigenvalue weighted by Gasteiger charge is 2.23.